The molecule has 1 amide bonds. The van der Waals surface area contributed by atoms with E-state index < -0.39 is 5.97 Å². The number of hydrogen-bond acceptors (Lipinski definition) is 4. The molecule has 2 aromatic carbocycles. The molecule has 1 aromatic heterocycles. The van der Waals surface area contributed by atoms with E-state index in [1.165, 1.54) is 5.56 Å². The molecule has 0 saturated heterocycles. The standard InChI is InChI=1S/C24H24N2O3/c1-15-18-10-5-6-12-20(18)25-16(2)23(15)24(28)29-14-22(27)26-21-13-7-9-17-8-3-4-11-19(17)21/h3-6,8,10-12,21H,7,9,13-14H2,1-2H3,(H,26,27). The lowest BCUT2D eigenvalue weighted by Crippen LogP contribution is -2.34. The average Bonchev–Trinajstić information content (AvgIpc) is 2.72. The van der Waals surface area contributed by atoms with Crippen LogP contribution in [-0.4, -0.2) is 23.5 Å². The zero-order chi connectivity index (χ0) is 20.4. The Morgan fingerprint density at radius 2 is 1.86 bits per heavy atom. The highest BCUT2D eigenvalue weighted by Crippen LogP contribution is 2.29. The number of fused-ring (bicyclic) bond motifs is 2. The Balaban J connectivity index is 1.44. The Morgan fingerprint density at radius 1 is 1.10 bits per heavy atom. The van der Waals surface area contributed by atoms with Crippen LogP contribution in [0.3, 0.4) is 0 Å². The molecule has 1 unspecified atom stereocenters. The van der Waals surface area contributed by atoms with Crippen molar-refractivity contribution < 1.29 is 14.3 Å². The molecule has 5 heteroatoms. The van der Waals surface area contributed by atoms with Crippen molar-refractivity contribution in [1.82, 2.24) is 10.3 Å². The van der Waals surface area contributed by atoms with Gasteiger partial charge in [0.25, 0.3) is 5.91 Å². The summed E-state index contributed by atoms with van der Waals surface area (Å²) >= 11 is 0. The van der Waals surface area contributed by atoms with E-state index in [4.69, 9.17) is 4.74 Å². The molecular formula is C24H24N2O3. The lowest BCUT2D eigenvalue weighted by Gasteiger charge is -2.26. The molecule has 1 N–H and O–H groups in total. The lowest BCUT2D eigenvalue weighted by molar-refractivity contribution is -0.125. The minimum atomic E-state index is -0.516. The van der Waals surface area contributed by atoms with Gasteiger partial charge in [0.15, 0.2) is 6.61 Å². The number of amides is 1. The lowest BCUT2D eigenvalue weighted by atomic mass is 9.88. The maximum Gasteiger partial charge on any atom is 0.340 e. The highest BCUT2D eigenvalue weighted by atomic mass is 16.5. The van der Waals surface area contributed by atoms with Gasteiger partial charge in [-0.3, -0.25) is 9.78 Å². The van der Waals surface area contributed by atoms with Crippen molar-refractivity contribution in [2.75, 3.05) is 6.61 Å². The van der Waals surface area contributed by atoms with Crippen molar-refractivity contribution in [3.05, 3.63) is 76.5 Å². The topological polar surface area (TPSA) is 68.3 Å². The zero-order valence-electron chi connectivity index (χ0n) is 16.7. The van der Waals surface area contributed by atoms with Crippen LogP contribution in [0.1, 0.15) is 51.6 Å². The van der Waals surface area contributed by atoms with E-state index in [9.17, 15) is 9.59 Å². The first kappa shape index (κ1) is 19.1. The molecule has 1 heterocycles. The largest absolute Gasteiger partial charge is 0.452 e. The Kier molecular flexibility index (Phi) is 5.30. The Hall–Kier alpha value is -3.21. The number of nitrogens with one attached hydrogen (secondary N) is 1. The van der Waals surface area contributed by atoms with Crippen LogP contribution in [0.5, 0.6) is 0 Å². The van der Waals surface area contributed by atoms with E-state index >= 15 is 0 Å². The summed E-state index contributed by atoms with van der Waals surface area (Å²) in [7, 11) is 0. The third-order valence-electron chi connectivity index (χ3n) is 5.58. The first-order valence-electron chi connectivity index (χ1n) is 9.95. The summed E-state index contributed by atoms with van der Waals surface area (Å²) in [5.74, 6) is -0.804. The van der Waals surface area contributed by atoms with Gasteiger partial charge in [-0.1, -0.05) is 42.5 Å². The Labute approximate surface area is 170 Å². The molecule has 4 rings (SSSR count). The van der Waals surface area contributed by atoms with Crippen molar-refractivity contribution in [3.8, 4) is 0 Å². The molecule has 0 bridgehead atoms. The van der Waals surface area contributed by atoms with E-state index in [-0.39, 0.29) is 18.6 Å². The predicted octanol–water partition coefficient (Wildman–Crippen LogP) is 4.20. The monoisotopic (exact) mass is 388 g/mol. The van der Waals surface area contributed by atoms with Crippen LogP contribution in [0.4, 0.5) is 0 Å². The summed E-state index contributed by atoms with van der Waals surface area (Å²) in [5.41, 5.74) is 5.12. The smallest absolute Gasteiger partial charge is 0.340 e. The normalized spacial score (nSPS) is 15.6. The zero-order valence-corrected chi connectivity index (χ0v) is 16.7. The third kappa shape index (κ3) is 3.86. The van der Waals surface area contributed by atoms with Crippen LogP contribution in [0.2, 0.25) is 0 Å². The van der Waals surface area contributed by atoms with Crippen LogP contribution in [0.25, 0.3) is 10.9 Å². The average molecular weight is 388 g/mol. The van der Waals surface area contributed by atoms with Gasteiger partial charge in [-0.2, -0.15) is 0 Å². The number of esters is 1. The summed E-state index contributed by atoms with van der Waals surface area (Å²) in [5, 5.41) is 3.92. The quantitative estimate of drug-likeness (QED) is 0.680. The summed E-state index contributed by atoms with van der Waals surface area (Å²) < 4.78 is 5.34. The fourth-order valence-electron chi connectivity index (χ4n) is 4.17. The summed E-state index contributed by atoms with van der Waals surface area (Å²) in [6.07, 6.45) is 2.96. The van der Waals surface area contributed by atoms with Gasteiger partial charge in [0, 0.05) is 5.39 Å². The second-order valence-corrected chi connectivity index (χ2v) is 7.50. The third-order valence-corrected chi connectivity index (χ3v) is 5.58. The Bertz CT molecular complexity index is 1090. The molecule has 0 saturated carbocycles. The number of para-hydroxylation sites is 1. The number of aromatic nitrogens is 1. The van der Waals surface area contributed by atoms with E-state index in [0.717, 1.165) is 41.3 Å². The van der Waals surface area contributed by atoms with Crippen molar-refractivity contribution in [2.45, 2.75) is 39.2 Å². The van der Waals surface area contributed by atoms with Crippen LogP contribution in [0.15, 0.2) is 48.5 Å². The van der Waals surface area contributed by atoms with Gasteiger partial charge in [-0.15, -0.1) is 0 Å². The van der Waals surface area contributed by atoms with Gasteiger partial charge in [-0.25, -0.2) is 4.79 Å². The highest BCUT2D eigenvalue weighted by Gasteiger charge is 2.23. The number of carbonyl (C=O) groups is 2. The summed E-state index contributed by atoms with van der Waals surface area (Å²) in [4.78, 5) is 29.6. The first-order chi connectivity index (χ1) is 14.0. The number of rotatable bonds is 4. The molecule has 0 fully saturated rings. The molecule has 1 aliphatic carbocycles. The van der Waals surface area contributed by atoms with E-state index in [1.54, 1.807) is 6.92 Å². The van der Waals surface area contributed by atoms with E-state index in [0.29, 0.717) is 11.3 Å². The number of carbonyl (C=O) groups excluding carboxylic acids is 2. The molecule has 3 aromatic rings. The number of benzene rings is 2. The van der Waals surface area contributed by atoms with Gasteiger partial charge in [0.05, 0.1) is 22.8 Å². The van der Waals surface area contributed by atoms with Crippen molar-refractivity contribution >= 4 is 22.8 Å². The maximum absolute atomic E-state index is 12.7. The van der Waals surface area contributed by atoms with Crippen LogP contribution in [0, 0.1) is 13.8 Å². The molecule has 29 heavy (non-hydrogen) atoms. The van der Waals surface area contributed by atoms with Gasteiger partial charge >= 0.3 is 5.97 Å². The number of hydrogen-bond donors (Lipinski definition) is 1. The number of aryl methyl sites for hydroxylation is 3. The first-order valence-corrected chi connectivity index (χ1v) is 9.95. The molecule has 0 radical (unpaired) electrons. The predicted molar refractivity (Wildman–Crippen MR) is 112 cm³/mol. The maximum atomic E-state index is 12.7. The molecular weight excluding hydrogens is 364 g/mol. The van der Waals surface area contributed by atoms with Gasteiger partial charge < -0.3 is 10.1 Å². The number of nitrogens with zero attached hydrogens (tertiary/aromatic N) is 1. The van der Waals surface area contributed by atoms with Crippen LogP contribution < -0.4 is 5.32 Å². The van der Waals surface area contributed by atoms with Gasteiger partial charge in [-0.05, 0) is 55.9 Å². The van der Waals surface area contributed by atoms with Crippen molar-refractivity contribution in [3.63, 3.8) is 0 Å². The minimum Gasteiger partial charge on any atom is -0.452 e. The minimum absolute atomic E-state index is 0.0306. The molecule has 1 aliphatic rings. The number of pyridine rings is 1. The van der Waals surface area contributed by atoms with E-state index in [1.807, 2.05) is 43.3 Å². The van der Waals surface area contributed by atoms with Crippen LogP contribution >= 0.6 is 0 Å². The highest BCUT2D eigenvalue weighted by molar-refractivity contribution is 5.99. The molecule has 0 spiro atoms. The molecule has 148 valence electrons. The SMILES string of the molecule is Cc1nc2ccccc2c(C)c1C(=O)OCC(=O)NC1CCCc2ccccc21. The van der Waals surface area contributed by atoms with Gasteiger partial charge in [0.1, 0.15) is 0 Å². The molecule has 0 aliphatic heterocycles. The second kappa shape index (κ2) is 8.03. The van der Waals surface area contributed by atoms with Crippen molar-refractivity contribution in [1.29, 1.82) is 0 Å². The van der Waals surface area contributed by atoms with Gasteiger partial charge in [0.2, 0.25) is 0 Å². The Morgan fingerprint density at radius 3 is 2.72 bits per heavy atom. The molecule has 1 atom stereocenters. The summed E-state index contributed by atoms with van der Waals surface area (Å²) in [6, 6.07) is 15.8. The van der Waals surface area contributed by atoms with E-state index in [2.05, 4.69) is 22.4 Å². The van der Waals surface area contributed by atoms with Crippen LogP contribution in [-0.2, 0) is 16.0 Å². The van der Waals surface area contributed by atoms with Crippen molar-refractivity contribution in [2.24, 2.45) is 0 Å². The fourth-order valence-corrected chi connectivity index (χ4v) is 4.17. The number of ether oxygens (including phenoxy) is 1. The fraction of sp³-hybridized carbons (Fsp3) is 0.292. The second-order valence-electron chi connectivity index (χ2n) is 7.50. The molecule has 5 nitrogen and oxygen atoms in total. The summed E-state index contributed by atoms with van der Waals surface area (Å²) in [6.45, 7) is 3.37.